The Balaban J connectivity index is 1.76. The summed E-state index contributed by atoms with van der Waals surface area (Å²) in [7, 11) is -7.98. The van der Waals surface area contributed by atoms with Crippen LogP contribution in [0.2, 0.25) is 0 Å². The Morgan fingerprint density at radius 2 is 1.55 bits per heavy atom. The van der Waals surface area contributed by atoms with E-state index in [1.165, 1.54) is 30.5 Å². The number of nitrogens with one attached hydrogen (secondary N) is 2. The van der Waals surface area contributed by atoms with Gasteiger partial charge in [-0.05, 0) is 68.0 Å². The quantitative estimate of drug-likeness (QED) is 0.141. The van der Waals surface area contributed by atoms with Crippen molar-refractivity contribution in [2.45, 2.75) is 63.3 Å². The number of amides is 1. The van der Waals surface area contributed by atoms with Crippen LogP contribution in [0.15, 0.2) is 74.0 Å². The molecule has 0 spiro atoms. The number of benzene rings is 2. The van der Waals surface area contributed by atoms with Gasteiger partial charge in [0.25, 0.3) is 10.0 Å². The second-order valence-corrected chi connectivity index (χ2v) is 14.5. The van der Waals surface area contributed by atoms with Gasteiger partial charge in [-0.25, -0.2) is 21.6 Å². The number of aliphatic imine (C=N–C) groups is 1. The van der Waals surface area contributed by atoms with E-state index in [9.17, 15) is 21.6 Å². The molecule has 11 nitrogen and oxygen atoms in total. The van der Waals surface area contributed by atoms with Crippen LogP contribution in [0.3, 0.4) is 0 Å². The van der Waals surface area contributed by atoms with Crippen molar-refractivity contribution in [3.8, 4) is 0 Å². The summed E-state index contributed by atoms with van der Waals surface area (Å²) < 4.78 is 62.1. The van der Waals surface area contributed by atoms with Crippen molar-refractivity contribution in [1.82, 2.24) is 14.3 Å². The Morgan fingerprint density at radius 1 is 0.929 bits per heavy atom. The summed E-state index contributed by atoms with van der Waals surface area (Å²) in [5, 5.41) is 0.625. The standard InChI is InChI=1S/C29H41N5O6S2/c1-20(2)18-34(19-21(3)4)28(35)26(32-42(38,39)25-12-13-27-23(17-25)14-16-40-27)7-6-15-31-29(30)33-41(36,37)24-10-8-22(5)9-11-24/h8-14,16-17,20-21,26,32H,6-7,15,18-19H2,1-5H3,(H3,30,31,33)/t26-/m0/s1. The normalized spacial score (nSPS) is 13.5. The summed E-state index contributed by atoms with van der Waals surface area (Å²) >= 11 is 0. The van der Waals surface area contributed by atoms with Gasteiger partial charge in [0.1, 0.15) is 11.6 Å². The number of sulfonamides is 2. The van der Waals surface area contributed by atoms with E-state index >= 15 is 0 Å². The molecule has 1 heterocycles. The number of aryl methyl sites for hydroxylation is 1. The van der Waals surface area contributed by atoms with Crippen molar-refractivity contribution in [3.63, 3.8) is 0 Å². The first-order chi connectivity index (χ1) is 19.7. The third-order valence-electron chi connectivity index (χ3n) is 6.32. The van der Waals surface area contributed by atoms with Crippen molar-refractivity contribution >= 4 is 42.9 Å². The Kier molecular flexibility index (Phi) is 11.2. The minimum atomic E-state index is -4.07. The van der Waals surface area contributed by atoms with E-state index in [0.717, 1.165) is 5.56 Å². The molecule has 0 aliphatic carbocycles. The Morgan fingerprint density at radius 3 is 2.17 bits per heavy atom. The first-order valence-corrected chi connectivity index (χ1v) is 16.8. The Labute approximate surface area is 248 Å². The molecule has 0 aliphatic heterocycles. The van der Waals surface area contributed by atoms with Crippen molar-refractivity contribution in [1.29, 1.82) is 0 Å². The largest absolute Gasteiger partial charge is 0.464 e. The zero-order chi connectivity index (χ0) is 31.1. The number of guanidine groups is 1. The highest BCUT2D eigenvalue weighted by Gasteiger charge is 2.30. The Bertz CT molecular complexity index is 1590. The highest BCUT2D eigenvalue weighted by Crippen LogP contribution is 2.21. The molecule has 0 bridgehead atoms. The third-order valence-corrected chi connectivity index (χ3v) is 9.16. The lowest BCUT2D eigenvalue weighted by molar-refractivity contribution is -0.134. The molecule has 0 aliphatic rings. The highest BCUT2D eigenvalue weighted by atomic mass is 32.2. The van der Waals surface area contributed by atoms with Gasteiger partial charge >= 0.3 is 0 Å². The molecular formula is C29H41N5O6S2. The summed E-state index contributed by atoms with van der Waals surface area (Å²) in [5.41, 5.74) is 7.31. The first-order valence-electron chi connectivity index (χ1n) is 13.9. The minimum absolute atomic E-state index is 0.0150. The van der Waals surface area contributed by atoms with Gasteiger partial charge in [-0.2, -0.15) is 4.72 Å². The summed E-state index contributed by atoms with van der Waals surface area (Å²) in [6.45, 7) is 10.8. The molecule has 1 amide bonds. The number of furan rings is 1. The van der Waals surface area contributed by atoms with E-state index in [1.54, 1.807) is 29.2 Å². The third kappa shape index (κ3) is 9.30. The summed E-state index contributed by atoms with van der Waals surface area (Å²) in [6.07, 6.45) is 1.87. The molecule has 13 heteroatoms. The van der Waals surface area contributed by atoms with Crippen molar-refractivity contribution in [2.24, 2.45) is 22.6 Å². The van der Waals surface area contributed by atoms with Gasteiger partial charge in [0.2, 0.25) is 21.9 Å². The number of rotatable bonds is 14. The lowest BCUT2D eigenvalue weighted by atomic mass is 10.1. The maximum atomic E-state index is 13.7. The zero-order valence-electron chi connectivity index (χ0n) is 24.7. The topological polar surface area (TPSA) is 164 Å². The predicted molar refractivity (Wildman–Crippen MR) is 164 cm³/mol. The monoisotopic (exact) mass is 619 g/mol. The fourth-order valence-electron chi connectivity index (χ4n) is 4.40. The van der Waals surface area contributed by atoms with Crippen LogP contribution in [0.5, 0.6) is 0 Å². The number of hydrogen-bond donors (Lipinski definition) is 3. The molecule has 1 aromatic heterocycles. The SMILES string of the molecule is Cc1ccc(S(=O)(=O)NC(N)=NCCC[C@H](NS(=O)(=O)c2ccc3occc3c2)C(=O)N(CC(C)C)CC(C)C)cc1. The maximum Gasteiger partial charge on any atom is 0.264 e. The molecule has 0 fully saturated rings. The number of hydrogen-bond acceptors (Lipinski definition) is 7. The molecule has 0 saturated heterocycles. The van der Waals surface area contributed by atoms with Crippen LogP contribution < -0.4 is 15.2 Å². The van der Waals surface area contributed by atoms with Crippen LogP contribution in [-0.2, 0) is 24.8 Å². The second kappa shape index (κ2) is 14.2. The molecule has 1 atom stereocenters. The van der Waals surface area contributed by atoms with Gasteiger partial charge in [0, 0.05) is 25.0 Å². The van der Waals surface area contributed by atoms with Gasteiger partial charge in [0.05, 0.1) is 16.1 Å². The number of carbonyl (C=O) groups excluding carboxylic acids is 1. The summed E-state index contributed by atoms with van der Waals surface area (Å²) in [4.78, 5) is 19.6. The van der Waals surface area contributed by atoms with Crippen LogP contribution in [0, 0.1) is 18.8 Å². The van der Waals surface area contributed by atoms with Crippen LogP contribution in [0.25, 0.3) is 11.0 Å². The number of carbonyl (C=O) groups is 1. The molecule has 230 valence electrons. The lowest BCUT2D eigenvalue weighted by Crippen LogP contribution is -2.50. The molecule has 0 unspecified atom stereocenters. The molecule has 3 rings (SSSR count). The van der Waals surface area contributed by atoms with Gasteiger partial charge in [-0.1, -0.05) is 45.4 Å². The molecule has 42 heavy (non-hydrogen) atoms. The molecular weight excluding hydrogens is 578 g/mol. The smallest absolute Gasteiger partial charge is 0.264 e. The molecule has 2 aromatic carbocycles. The van der Waals surface area contributed by atoms with Crippen molar-refractivity contribution in [2.75, 3.05) is 19.6 Å². The zero-order valence-corrected chi connectivity index (χ0v) is 26.3. The lowest BCUT2D eigenvalue weighted by Gasteiger charge is -2.30. The number of nitrogens with zero attached hydrogens (tertiary/aromatic N) is 2. The van der Waals surface area contributed by atoms with Crippen molar-refractivity contribution in [3.05, 3.63) is 60.4 Å². The number of nitrogens with two attached hydrogens (primary N) is 1. The average molecular weight is 620 g/mol. The summed E-state index contributed by atoms with van der Waals surface area (Å²) in [6, 6.07) is 11.4. The highest BCUT2D eigenvalue weighted by molar-refractivity contribution is 7.90. The molecule has 3 aromatic rings. The van der Waals surface area contributed by atoms with Crippen LogP contribution in [-0.4, -0.2) is 59.3 Å². The van der Waals surface area contributed by atoms with E-state index in [0.29, 0.717) is 24.1 Å². The summed E-state index contributed by atoms with van der Waals surface area (Å²) in [5.74, 6) is -0.269. The van der Waals surface area contributed by atoms with Gasteiger partial charge < -0.3 is 15.1 Å². The Hall–Kier alpha value is -3.42. The van der Waals surface area contributed by atoms with Crippen LogP contribution in [0.4, 0.5) is 0 Å². The van der Waals surface area contributed by atoms with E-state index < -0.39 is 26.1 Å². The molecule has 4 N–H and O–H groups in total. The average Bonchev–Trinajstić information content (AvgIpc) is 3.37. The van der Waals surface area contributed by atoms with Gasteiger partial charge in [0.15, 0.2) is 0 Å². The van der Waals surface area contributed by atoms with E-state index in [1.807, 2.05) is 34.6 Å². The maximum absolute atomic E-state index is 13.7. The van der Waals surface area contributed by atoms with E-state index in [-0.39, 0.29) is 52.9 Å². The minimum Gasteiger partial charge on any atom is -0.464 e. The van der Waals surface area contributed by atoms with E-state index in [2.05, 4.69) is 14.4 Å². The first kappa shape index (κ1) is 33.1. The fourth-order valence-corrected chi connectivity index (χ4v) is 6.61. The second-order valence-electron chi connectivity index (χ2n) is 11.2. The molecule has 0 saturated carbocycles. The molecule has 0 radical (unpaired) electrons. The predicted octanol–water partition coefficient (Wildman–Crippen LogP) is 3.60. The van der Waals surface area contributed by atoms with Crippen LogP contribution >= 0.6 is 0 Å². The number of fused-ring (bicyclic) bond motifs is 1. The van der Waals surface area contributed by atoms with Gasteiger partial charge in [-0.15, -0.1) is 0 Å². The van der Waals surface area contributed by atoms with Crippen LogP contribution in [0.1, 0.15) is 46.1 Å². The van der Waals surface area contributed by atoms with Gasteiger partial charge in [-0.3, -0.25) is 9.79 Å². The van der Waals surface area contributed by atoms with E-state index in [4.69, 9.17) is 10.2 Å². The fraction of sp³-hybridized carbons (Fsp3) is 0.448. The van der Waals surface area contributed by atoms with Crippen molar-refractivity contribution < 1.29 is 26.0 Å².